The van der Waals surface area contributed by atoms with E-state index in [2.05, 4.69) is 0 Å². The smallest absolute Gasteiger partial charge is 0.352 e. The van der Waals surface area contributed by atoms with Crippen LogP contribution in [0.2, 0.25) is 0 Å². The molecule has 0 spiro atoms. The van der Waals surface area contributed by atoms with Crippen LogP contribution in [-0.4, -0.2) is 53.3 Å². The molecule has 2 heterocycles. The topological polar surface area (TPSA) is 71.8 Å². The van der Waals surface area contributed by atoms with Gasteiger partial charge < -0.3 is 19.3 Å². The van der Waals surface area contributed by atoms with Crippen molar-refractivity contribution in [3.63, 3.8) is 0 Å². The van der Waals surface area contributed by atoms with Crippen molar-refractivity contribution in [1.82, 2.24) is 9.47 Å². The largest absolute Gasteiger partial charge is 0.477 e. The zero-order valence-electron chi connectivity index (χ0n) is 10.9. The van der Waals surface area contributed by atoms with Gasteiger partial charge in [0.1, 0.15) is 12.2 Å². The predicted molar refractivity (Wildman–Crippen MR) is 68.0 cm³/mol. The maximum absolute atomic E-state index is 12.1. The Morgan fingerprint density at radius 2 is 2.32 bits per heavy atom. The van der Waals surface area contributed by atoms with E-state index in [1.807, 2.05) is 0 Å². The lowest BCUT2D eigenvalue weighted by Crippen LogP contribution is -2.32. The summed E-state index contributed by atoms with van der Waals surface area (Å²) in [5, 5.41) is 8.98. The van der Waals surface area contributed by atoms with Gasteiger partial charge in [-0.2, -0.15) is 0 Å². The van der Waals surface area contributed by atoms with Gasteiger partial charge in [0.15, 0.2) is 0 Å². The first-order chi connectivity index (χ1) is 9.11. The molecule has 0 bridgehead atoms. The average molecular weight is 266 g/mol. The van der Waals surface area contributed by atoms with Gasteiger partial charge in [-0.05, 0) is 18.6 Å². The summed E-state index contributed by atoms with van der Waals surface area (Å²) in [7, 11) is 1.66. The van der Waals surface area contributed by atoms with Gasteiger partial charge in [0, 0.05) is 32.3 Å². The van der Waals surface area contributed by atoms with Gasteiger partial charge in [-0.25, -0.2) is 4.79 Å². The molecule has 0 saturated carbocycles. The molecule has 6 nitrogen and oxygen atoms in total. The summed E-state index contributed by atoms with van der Waals surface area (Å²) in [5.41, 5.74) is 0.140. The summed E-state index contributed by atoms with van der Waals surface area (Å²) < 4.78 is 6.56. The van der Waals surface area contributed by atoms with Crippen LogP contribution in [0.5, 0.6) is 0 Å². The molecule has 1 saturated heterocycles. The van der Waals surface area contributed by atoms with Crippen molar-refractivity contribution < 1.29 is 19.4 Å². The van der Waals surface area contributed by atoms with Gasteiger partial charge in [-0.3, -0.25) is 4.79 Å². The first-order valence-corrected chi connectivity index (χ1v) is 6.27. The number of hydrogen-bond donors (Lipinski definition) is 1. The zero-order valence-corrected chi connectivity index (χ0v) is 10.9. The molecule has 1 aromatic heterocycles. The molecule has 104 valence electrons. The Balaban J connectivity index is 1.94. The number of methoxy groups -OCH3 is 1. The number of ether oxygens (including phenoxy) is 1. The molecular formula is C13H18N2O4. The van der Waals surface area contributed by atoms with E-state index >= 15 is 0 Å². The number of hydrogen-bond acceptors (Lipinski definition) is 3. The molecule has 1 N–H and O–H groups in total. The summed E-state index contributed by atoms with van der Waals surface area (Å²) in [5.74, 6) is -0.675. The van der Waals surface area contributed by atoms with E-state index in [4.69, 9.17) is 9.84 Å². The SMILES string of the molecule is COCC1CCN(C(=O)Cn2cccc2C(=O)O)C1. The van der Waals surface area contributed by atoms with Crippen LogP contribution >= 0.6 is 0 Å². The molecule has 1 aromatic rings. The van der Waals surface area contributed by atoms with E-state index in [9.17, 15) is 9.59 Å². The normalized spacial score (nSPS) is 18.8. The molecule has 1 fully saturated rings. The lowest BCUT2D eigenvalue weighted by atomic mass is 10.1. The van der Waals surface area contributed by atoms with Crippen LogP contribution in [0.25, 0.3) is 0 Å². The monoisotopic (exact) mass is 266 g/mol. The number of nitrogens with zero attached hydrogens (tertiary/aromatic N) is 2. The van der Waals surface area contributed by atoms with Gasteiger partial charge in [-0.15, -0.1) is 0 Å². The fourth-order valence-corrected chi connectivity index (χ4v) is 2.42. The standard InChI is InChI=1S/C13H18N2O4/c1-19-9-10-4-6-15(7-10)12(16)8-14-5-2-3-11(14)13(17)18/h2-3,5,10H,4,6-9H2,1H3,(H,17,18). The van der Waals surface area contributed by atoms with Crippen molar-refractivity contribution in [3.8, 4) is 0 Å². The van der Waals surface area contributed by atoms with E-state index in [1.165, 1.54) is 10.6 Å². The number of carbonyl (C=O) groups excluding carboxylic acids is 1. The van der Waals surface area contributed by atoms with Gasteiger partial charge >= 0.3 is 5.97 Å². The van der Waals surface area contributed by atoms with E-state index in [0.717, 1.165) is 13.0 Å². The van der Waals surface area contributed by atoms with Crippen LogP contribution in [0.3, 0.4) is 0 Å². The van der Waals surface area contributed by atoms with Crippen LogP contribution in [0.15, 0.2) is 18.3 Å². The molecule has 1 unspecified atom stereocenters. The van der Waals surface area contributed by atoms with Gasteiger partial charge in [0.05, 0.1) is 6.61 Å². The third kappa shape index (κ3) is 3.14. The summed E-state index contributed by atoms with van der Waals surface area (Å²) in [4.78, 5) is 24.8. The lowest BCUT2D eigenvalue weighted by Gasteiger charge is -2.17. The number of carboxylic acids is 1. The van der Waals surface area contributed by atoms with Gasteiger partial charge in [0.2, 0.25) is 5.91 Å². The number of aromatic nitrogens is 1. The second-order valence-corrected chi connectivity index (χ2v) is 4.78. The Hall–Kier alpha value is -1.82. The quantitative estimate of drug-likeness (QED) is 0.850. The van der Waals surface area contributed by atoms with Gasteiger partial charge in [0.25, 0.3) is 0 Å². The van der Waals surface area contributed by atoms with Crippen molar-refractivity contribution in [1.29, 1.82) is 0 Å². The molecule has 0 aromatic carbocycles. The van der Waals surface area contributed by atoms with E-state index < -0.39 is 5.97 Å². The number of amides is 1. The summed E-state index contributed by atoms with van der Waals surface area (Å²) in [6.07, 6.45) is 2.56. The molecule has 1 aliphatic rings. The second kappa shape index (κ2) is 5.88. The number of likely N-dealkylation sites (tertiary alicyclic amines) is 1. The predicted octanol–water partition coefficient (Wildman–Crippen LogP) is 0.681. The van der Waals surface area contributed by atoms with Crippen LogP contribution in [0, 0.1) is 5.92 Å². The van der Waals surface area contributed by atoms with E-state index in [1.54, 1.807) is 24.3 Å². The Bertz CT molecular complexity index is 469. The summed E-state index contributed by atoms with van der Waals surface area (Å²) in [6.45, 7) is 2.15. The number of aromatic carboxylic acids is 1. The minimum Gasteiger partial charge on any atom is -0.477 e. The van der Waals surface area contributed by atoms with Crippen molar-refractivity contribution >= 4 is 11.9 Å². The van der Waals surface area contributed by atoms with E-state index in [-0.39, 0.29) is 18.1 Å². The first kappa shape index (κ1) is 13.6. The molecular weight excluding hydrogens is 248 g/mol. The Morgan fingerprint density at radius 1 is 1.53 bits per heavy atom. The highest BCUT2D eigenvalue weighted by Gasteiger charge is 2.26. The highest BCUT2D eigenvalue weighted by molar-refractivity contribution is 5.87. The maximum atomic E-state index is 12.1. The molecule has 0 aliphatic carbocycles. The highest BCUT2D eigenvalue weighted by Crippen LogP contribution is 2.17. The lowest BCUT2D eigenvalue weighted by molar-refractivity contribution is -0.131. The number of rotatable bonds is 5. The van der Waals surface area contributed by atoms with Crippen molar-refractivity contribution in [2.45, 2.75) is 13.0 Å². The summed E-state index contributed by atoms with van der Waals surface area (Å²) >= 11 is 0. The first-order valence-electron chi connectivity index (χ1n) is 6.27. The average Bonchev–Trinajstić information content (AvgIpc) is 2.98. The number of carbonyl (C=O) groups is 2. The van der Waals surface area contributed by atoms with Crippen LogP contribution in [0.1, 0.15) is 16.9 Å². The highest BCUT2D eigenvalue weighted by atomic mass is 16.5. The molecule has 2 rings (SSSR count). The van der Waals surface area contributed by atoms with E-state index in [0.29, 0.717) is 19.1 Å². The second-order valence-electron chi connectivity index (χ2n) is 4.78. The number of carboxylic acid groups (broad SMARTS) is 1. The van der Waals surface area contributed by atoms with Crippen molar-refractivity contribution in [2.24, 2.45) is 5.92 Å². The van der Waals surface area contributed by atoms with Crippen molar-refractivity contribution in [2.75, 3.05) is 26.8 Å². The third-order valence-electron chi connectivity index (χ3n) is 3.40. The molecule has 1 amide bonds. The Labute approximate surface area is 111 Å². The molecule has 6 heteroatoms. The maximum Gasteiger partial charge on any atom is 0.352 e. The van der Waals surface area contributed by atoms with Crippen LogP contribution < -0.4 is 0 Å². The molecule has 19 heavy (non-hydrogen) atoms. The summed E-state index contributed by atoms with van der Waals surface area (Å²) in [6, 6.07) is 3.13. The minimum absolute atomic E-state index is 0.0442. The fraction of sp³-hybridized carbons (Fsp3) is 0.538. The van der Waals surface area contributed by atoms with Crippen molar-refractivity contribution in [3.05, 3.63) is 24.0 Å². The fourth-order valence-electron chi connectivity index (χ4n) is 2.42. The zero-order chi connectivity index (χ0) is 13.8. The minimum atomic E-state index is -1.02. The third-order valence-corrected chi connectivity index (χ3v) is 3.40. The Kier molecular flexibility index (Phi) is 4.21. The van der Waals surface area contributed by atoms with Crippen LogP contribution in [0.4, 0.5) is 0 Å². The van der Waals surface area contributed by atoms with Gasteiger partial charge in [-0.1, -0.05) is 0 Å². The molecule has 0 radical (unpaired) electrons. The molecule has 1 aliphatic heterocycles. The van der Waals surface area contributed by atoms with Crippen LogP contribution in [-0.2, 0) is 16.1 Å². The molecule has 1 atom stereocenters. The Morgan fingerprint density at radius 3 is 3.00 bits per heavy atom.